The summed E-state index contributed by atoms with van der Waals surface area (Å²) in [5, 5.41) is 1.36. The van der Waals surface area contributed by atoms with Crippen molar-refractivity contribution < 1.29 is 13.2 Å². The molecule has 0 spiro atoms. The molecule has 8 heteroatoms. The van der Waals surface area contributed by atoms with Gasteiger partial charge in [0.15, 0.2) is 17.5 Å². The summed E-state index contributed by atoms with van der Waals surface area (Å²) in [6.07, 6.45) is 0.824. The van der Waals surface area contributed by atoms with Crippen molar-refractivity contribution >= 4 is 28.9 Å². The van der Waals surface area contributed by atoms with Crippen LogP contribution in [0, 0.1) is 24.4 Å². The van der Waals surface area contributed by atoms with E-state index < -0.39 is 17.5 Å². The summed E-state index contributed by atoms with van der Waals surface area (Å²) in [5.74, 6) is -2.84. The molecular weight excluding hydrogens is 530 g/mol. The molecular formula is C30H28Cl2F3N3. The van der Waals surface area contributed by atoms with Crippen molar-refractivity contribution in [2.75, 3.05) is 31.1 Å². The SMILES string of the molecule is CCc1c(CN2CCN(c3cc(F)c(F)c(C)c3F)CC2)cc(-c2ccc(Cl)cc2)n1-c1ccc(Cl)cc1. The molecule has 0 N–H and O–H groups in total. The van der Waals surface area contributed by atoms with Gasteiger partial charge in [-0.1, -0.05) is 42.3 Å². The molecule has 4 aromatic rings. The molecule has 2 heterocycles. The highest BCUT2D eigenvalue weighted by Gasteiger charge is 2.25. The summed E-state index contributed by atoms with van der Waals surface area (Å²) < 4.78 is 44.7. The molecule has 38 heavy (non-hydrogen) atoms. The van der Waals surface area contributed by atoms with Crippen LogP contribution in [0.4, 0.5) is 18.9 Å². The molecule has 5 rings (SSSR count). The molecule has 1 aliphatic rings. The maximum atomic E-state index is 14.7. The number of nitrogens with zero attached hydrogens (tertiary/aromatic N) is 3. The third kappa shape index (κ3) is 5.18. The first kappa shape index (κ1) is 26.7. The average Bonchev–Trinajstić information content (AvgIpc) is 3.28. The number of piperazine rings is 1. The molecule has 1 saturated heterocycles. The molecule has 198 valence electrons. The van der Waals surface area contributed by atoms with Crippen molar-refractivity contribution in [3.63, 3.8) is 0 Å². The van der Waals surface area contributed by atoms with Crippen LogP contribution in [0.2, 0.25) is 10.0 Å². The van der Waals surface area contributed by atoms with E-state index in [1.807, 2.05) is 48.5 Å². The van der Waals surface area contributed by atoms with E-state index in [9.17, 15) is 13.2 Å². The minimum atomic E-state index is -1.13. The van der Waals surface area contributed by atoms with Crippen molar-refractivity contribution in [1.82, 2.24) is 9.47 Å². The van der Waals surface area contributed by atoms with Crippen molar-refractivity contribution in [2.24, 2.45) is 0 Å². The van der Waals surface area contributed by atoms with Gasteiger partial charge in [-0.3, -0.25) is 4.90 Å². The first-order valence-electron chi connectivity index (χ1n) is 12.6. The Morgan fingerprint density at radius 2 is 1.39 bits per heavy atom. The van der Waals surface area contributed by atoms with Gasteiger partial charge in [-0.15, -0.1) is 0 Å². The lowest BCUT2D eigenvalue weighted by atomic mass is 10.1. The molecule has 1 fully saturated rings. The maximum absolute atomic E-state index is 14.7. The highest BCUT2D eigenvalue weighted by Crippen LogP contribution is 2.33. The fourth-order valence-corrected chi connectivity index (χ4v) is 5.43. The number of anilines is 1. The lowest BCUT2D eigenvalue weighted by molar-refractivity contribution is 0.248. The first-order chi connectivity index (χ1) is 18.3. The van der Waals surface area contributed by atoms with Crippen LogP contribution in [0.3, 0.4) is 0 Å². The number of hydrogen-bond donors (Lipinski definition) is 0. The zero-order valence-corrected chi connectivity index (χ0v) is 22.8. The Kier molecular flexibility index (Phi) is 7.75. The minimum Gasteiger partial charge on any atom is -0.367 e. The Morgan fingerprint density at radius 1 is 0.789 bits per heavy atom. The fraction of sp³-hybridized carbons (Fsp3) is 0.267. The van der Waals surface area contributed by atoms with Gasteiger partial charge in [-0.25, -0.2) is 13.2 Å². The third-order valence-electron chi connectivity index (χ3n) is 7.22. The number of halogens is 5. The Bertz CT molecular complexity index is 1440. The third-order valence-corrected chi connectivity index (χ3v) is 7.72. The number of benzene rings is 3. The van der Waals surface area contributed by atoms with Crippen LogP contribution < -0.4 is 4.90 Å². The monoisotopic (exact) mass is 557 g/mol. The first-order valence-corrected chi connectivity index (χ1v) is 13.4. The fourth-order valence-electron chi connectivity index (χ4n) is 5.17. The molecule has 3 aromatic carbocycles. The summed E-state index contributed by atoms with van der Waals surface area (Å²) in [5.41, 5.74) is 5.38. The lowest BCUT2D eigenvalue weighted by Crippen LogP contribution is -2.46. The van der Waals surface area contributed by atoms with Crippen molar-refractivity contribution in [2.45, 2.75) is 26.8 Å². The molecule has 1 aromatic heterocycles. The second kappa shape index (κ2) is 11.0. The van der Waals surface area contributed by atoms with Crippen molar-refractivity contribution in [1.29, 1.82) is 0 Å². The van der Waals surface area contributed by atoms with Gasteiger partial charge in [-0.05, 0) is 66.9 Å². The van der Waals surface area contributed by atoms with Gasteiger partial charge in [0.1, 0.15) is 0 Å². The molecule has 0 amide bonds. The van der Waals surface area contributed by atoms with Gasteiger partial charge in [0, 0.05) is 65.8 Å². The second-order valence-corrected chi connectivity index (χ2v) is 10.4. The Balaban J connectivity index is 1.43. The van der Waals surface area contributed by atoms with Gasteiger partial charge in [0.25, 0.3) is 0 Å². The zero-order valence-electron chi connectivity index (χ0n) is 21.2. The Morgan fingerprint density at radius 3 is 2.00 bits per heavy atom. The molecule has 0 radical (unpaired) electrons. The minimum absolute atomic E-state index is 0.120. The van der Waals surface area contributed by atoms with E-state index in [-0.39, 0.29) is 11.3 Å². The molecule has 0 saturated carbocycles. The molecule has 0 unspecified atom stereocenters. The van der Waals surface area contributed by atoms with Crippen LogP contribution in [-0.4, -0.2) is 35.6 Å². The predicted octanol–water partition coefficient (Wildman–Crippen LogP) is 8.06. The number of hydrogen-bond acceptors (Lipinski definition) is 2. The second-order valence-electron chi connectivity index (χ2n) is 9.57. The lowest BCUT2D eigenvalue weighted by Gasteiger charge is -2.36. The number of aromatic nitrogens is 1. The highest BCUT2D eigenvalue weighted by molar-refractivity contribution is 6.30. The molecule has 0 aliphatic carbocycles. The van der Waals surface area contributed by atoms with Gasteiger partial charge < -0.3 is 9.47 Å². The zero-order chi connectivity index (χ0) is 27.0. The van der Waals surface area contributed by atoms with Crippen LogP contribution in [0.15, 0.2) is 60.7 Å². The summed E-state index contributed by atoms with van der Waals surface area (Å²) in [4.78, 5) is 4.10. The molecule has 0 bridgehead atoms. The summed E-state index contributed by atoms with van der Waals surface area (Å²) in [6.45, 7) is 6.51. The van der Waals surface area contributed by atoms with Crippen LogP contribution in [0.25, 0.3) is 16.9 Å². The average molecular weight is 558 g/mol. The summed E-state index contributed by atoms with van der Waals surface area (Å²) in [7, 11) is 0. The van der Waals surface area contributed by atoms with Crippen molar-refractivity contribution in [3.05, 3.63) is 105 Å². The molecule has 0 atom stereocenters. The predicted molar refractivity (Wildman–Crippen MR) is 149 cm³/mol. The van der Waals surface area contributed by atoms with Crippen molar-refractivity contribution in [3.8, 4) is 16.9 Å². The standard InChI is InChI=1S/C30H28Cl2F3N3/c1-3-26-21(18-36-12-14-37(15-13-36)28-17-25(33)29(34)19(2)30(28)35)16-27(20-4-6-22(31)7-5-20)38(26)24-10-8-23(32)9-11-24/h4-11,16-17H,3,12-15,18H2,1-2H3. The van der Waals surface area contributed by atoms with E-state index in [0.717, 1.165) is 36.0 Å². The van der Waals surface area contributed by atoms with Crippen LogP contribution in [-0.2, 0) is 13.0 Å². The number of rotatable bonds is 6. The molecule has 1 aliphatic heterocycles. The van der Waals surface area contributed by atoms with E-state index in [4.69, 9.17) is 23.2 Å². The van der Waals surface area contributed by atoms with Gasteiger partial charge in [-0.2, -0.15) is 0 Å². The normalized spacial score (nSPS) is 14.3. The van der Waals surface area contributed by atoms with E-state index in [1.54, 1.807) is 4.90 Å². The van der Waals surface area contributed by atoms with Crippen LogP contribution in [0.5, 0.6) is 0 Å². The summed E-state index contributed by atoms with van der Waals surface area (Å²) in [6, 6.07) is 18.8. The van der Waals surface area contributed by atoms with Crippen LogP contribution >= 0.6 is 23.2 Å². The Hall–Kier alpha value is -2.93. The quantitative estimate of drug-likeness (QED) is 0.222. The van der Waals surface area contributed by atoms with E-state index in [1.165, 1.54) is 18.2 Å². The van der Waals surface area contributed by atoms with Gasteiger partial charge in [0.05, 0.1) is 11.4 Å². The molecule has 3 nitrogen and oxygen atoms in total. The Labute approximate surface area is 231 Å². The summed E-state index contributed by atoms with van der Waals surface area (Å²) >= 11 is 12.3. The van der Waals surface area contributed by atoms with Gasteiger partial charge in [0.2, 0.25) is 0 Å². The highest BCUT2D eigenvalue weighted by atomic mass is 35.5. The maximum Gasteiger partial charge on any atom is 0.164 e. The van der Waals surface area contributed by atoms with E-state index in [0.29, 0.717) is 36.2 Å². The smallest absolute Gasteiger partial charge is 0.164 e. The van der Waals surface area contributed by atoms with E-state index >= 15 is 0 Å². The van der Waals surface area contributed by atoms with Crippen LogP contribution in [0.1, 0.15) is 23.7 Å². The van der Waals surface area contributed by atoms with Gasteiger partial charge >= 0.3 is 0 Å². The largest absolute Gasteiger partial charge is 0.367 e. The topological polar surface area (TPSA) is 11.4 Å². The van der Waals surface area contributed by atoms with E-state index in [2.05, 4.69) is 22.5 Å².